The Kier molecular flexibility index (Phi) is 9.26. The van der Waals surface area contributed by atoms with E-state index in [1.165, 1.54) is 10.4 Å². The number of aromatic amines is 1. The van der Waals surface area contributed by atoms with Crippen molar-refractivity contribution in [3.63, 3.8) is 0 Å². The zero-order chi connectivity index (χ0) is 22.9. The quantitative estimate of drug-likeness (QED) is 0.313. The number of fused-ring (bicyclic) bond motifs is 1. The van der Waals surface area contributed by atoms with Crippen LogP contribution >= 0.6 is 23.6 Å². The monoisotopic (exact) mass is 470 g/mol. The first kappa shape index (κ1) is 24.4. The number of aromatic nitrogens is 1. The van der Waals surface area contributed by atoms with E-state index < -0.39 is 0 Å². The van der Waals surface area contributed by atoms with E-state index in [0.717, 1.165) is 55.5 Å². The van der Waals surface area contributed by atoms with Gasteiger partial charge in [0.15, 0.2) is 5.11 Å². The van der Waals surface area contributed by atoms with Gasteiger partial charge in [-0.3, -0.25) is 4.79 Å². The molecule has 2 heterocycles. The van der Waals surface area contributed by atoms with Crippen LogP contribution in [-0.4, -0.2) is 46.1 Å². The highest BCUT2D eigenvalue weighted by Crippen LogP contribution is 2.17. The molecule has 5 nitrogen and oxygen atoms in total. The molecule has 0 saturated heterocycles. The zero-order valence-electron chi connectivity index (χ0n) is 19.3. The Labute approximate surface area is 200 Å². The summed E-state index contributed by atoms with van der Waals surface area (Å²) in [6, 6.07) is 12.4. The van der Waals surface area contributed by atoms with E-state index in [2.05, 4.69) is 64.5 Å². The molecule has 0 aliphatic heterocycles. The predicted molar refractivity (Wildman–Crippen MR) is 141 cm³/mol. The van der Waals surface area contributed by atoms with Crippen LogP contribution in [0.15, 0.2) is 46.6 Å². The van der Waals surface area contributed by atoms with Gasteiger partial charge >= 0.3 is 0 Å². The van der Waals surface area contributed by atoms with Gasteiger partial charge in [-0.25, -0.2) is 0 Å². The normalized spacial score (nSPS) is 11.2. The first-order chi connectivity index (χ1) is 15.5. The number of thiophene rings is 1. The maximum absolute atomic E-state index is 12.8. The fourth-order valence-corrected chi connectivity index (χ4v) is 4.73. The summed E-state index contributed by atoms with van der Waals surface area (Å²) in [6.45, 7) is 11.7. The molecule has 0 saturated carbocycles. The fourth-order valence-electron chi connectivity index (χ4n) is 3.78. The Morgan fingerprint density at radius 3 is 2.62 bits per heavy atom. The van der Waals surface area contributed by atoms with Crippen LogP contribution in [-0.2, 0) is 19.5 Å². The summed E-state index contributed by atoms with van der Waals surface area (Å²) >= 11 is 7.46. The molecule has 2 aromatic heterocycles. The number of benzene rings is 1. The molecule has 0 radical (unpaired) electrons. The lowest BCUT2D eigenvalue weighted by molar-refractivity contribution is 0.299. The molecular weight excluding hydrogens is 436 g/mol. The third kappa shape index (κ3) is 6.64. The average Bonchev–Trinajstić information content (AvgIpc) is 3.32. The van der Waals surface area contributed by atoms with Gasteiger partial charge in [-0.15, -0.1) is 11.3 Å². The van der Waals surface area contributed by atoms with E-state index in [1.54, 1.807) is 11.3 Å². The Bertz CT molecular complexity index is 1060. The Morgan fingerprint density at radius 1 is 1.12 bits per heavy atom. The van der Waals surface area contributed by atoms with E-state index in [-0.39, 0.29) is 5.56 Å². The van der Waals surface area contributed by atoms with E-state index in [1.807, 2.05) is 18.2 Å². The summed E-state index contributed by atoms with van der Waals surface area (Å²) in [5, 5.41) is 7.25. The minimum atomic E-state index is -0.0535. The number of pyridine rings is 1. The lowest BCUT2D eigenvalue weighted by Gasteiger charge is -2.26. The average molecular weight is 471 g/mol. The van der Waals surface area contributed by atoms with Crippen LogP contribution in [0.25, 0.3) is 10.9 Å². The molecule has 2 N–H and O–H groups in total. The van der Waals surface area contributed by atoms with Gasteiger partial charge in [0.2, 0.25) is 0 Å². The SMILES string of the molecule is CCc1ccc2[nH]c(=O)c(CN(Cc3cccs3)C(=S)NCCCN(CC)CC)cc2c1. The summed E-state index contributed by atoms with van der Waals surface area (Å²) in [7, 11) is 0. The smallest absolute Gasteiger partial charge is 0.253 e. The van der Waals surface area contributed by atoms with Gasteiger partial charge in [0.25, 0.3) is 5.56 Å². The Balaban J connectivity index is 1.74. The highest BCUT2D eigenvalue weighted by molar-refractivity contribution is 7.80. The molecule has 1 aromatic carbocycles. The fraction of sp³-hybridized carbons (Fsp3) is 0.440. The first-order valence-corrected chi connectivity index (χ1v) is 12.7. The van der Waals surface area contributed by atoms with Crippen molar-refractivity contribution in [2.45, 2.75) is 46.7 Å². The van der Waals surface area contributed by atoms with E-state index in [4.69, 9.17) is 12.2 Å². The van der Waals surface area contributed by atoms with Crippen LogP contribution in [0.3, 0.4) is 0 Å². The van der Waals surface area contributed by atoms with Crippen LogP contribution in [0.4, 0.5) is 0 Å². The molecule has 3 rings (SSSR count). The Hall–Kier alpha value is -2.22. The number of thiocarbonyl (C=S) groups is 1. The van der Waals surface area contributed by atoms with Gasteiger partial charge < -0.3 is 20.1 Å². The van der Waals surface area contributed by atoms with E-state index in [0.29, 0.717) is 18.2 Å². The number of nitrogens with one attached hydrogen (secondary N) is 2. The number of hydrogen-bond acceptors (Lipinski definition) is 4. The van der Waals surface area contributed by atoms with Crippen LogP contribution in [0.1, 0.15) is 43.2 Å². The topological polar surface area (TPSA) is 51.4 Å². The predicted octanol–water partition coefficient (Wildman–Crippen LogP) is 4.76. The van der Waals surface area contributed by atoms with Crippen LogP contribution in [0.5, 0.6) is 0 Å². The number of aryl methyl sites for hydroxylation is 1. The maximum atomic E-state index is 12.8. The summed E-state index contributed by atoms with van der Waals surface area (Å²) in [5.41, 5.74) is 2.81. The minimum Gasteiger partial charge on any atom is -0.363 e. The standard InChI is InChI=1S/C25H34N4OS2/c1-4-19-10-11-23-20(15-19)16-21(24(30)27-23)17-29(18-22-9-7-14-32-22)25(31)26-12-8-13-28(5-2)6-3/h7,9-11,14-16H,4-6,8,12-13,17-18H2,1-3H3,(H,26,31)(H,27,30). The van der Waals surface area contributed by atoms with Gasteiger partial charge in [0.05, 0.1) is 13.1 Å². The van der Waals surface area contributed by atoms with Crippen molar-refractivity contribution in [1.29, 1.82) is 0 Å². The summed E-state index contributed by atoms with van der Waals surface area (Å²) < 4.78 is 0. The van der Waals surface area contributed by atoms with Crippen LogP contribution in [0.2, 0.25) is 0 Å². The summed E-state index contributed by atoms with van der Waals surface area (Å²) in [6.07, 6.45) is 2.00. The molecule has 0 atom stereocenters. The number of nitrogens with zero attached hydrogens (tertiary/aromatic N) is 2. The highest BCUT2D eigenvalue weighted by atomic mass is 32.1. The minimum absolute atomic E-state index is 0.0535. The number of hydrogen-bond donors (Lipinski definition) is 2. The second-order valence-corrected chi connectivity index (χ2v) is 9.37. The molecule has 7 heteroatoms. The Morgan fingerprint density at radius 2 is 1.94 bits per heavy atom. The molecule has 3 aromatic rings. The van der Waals surface area contributed by atoms with Crippen LogP contribution in [0, 0.1) is 0 Å². The van der Waals surface area contributed by atoms with Crippen molar-refractivity contribution < 1.29 is 0 Å². The second kappa shape index (κ2) is 12.1. The van der Waals surface area contributed by atoms with Gasteiger partial charge in [-0.05, 0) is 85.3 Å². The number of rotatable bonds is 11. The third-order valence-electron chi connectivity index (χ3n) is 5.79. The lowest BCUT2D eigenvalue weighted by Crippen LogP contribution is -2.40. The molecule has 0 aliphatic rings. The van der Waals surface area contributed by atoms with Crippen LogP contribution < -0.4 is 10.9 Å². The molecule has 0 bridgehead atoms. The van der Waals surface area contributed by atoms with Crippen molar-refractivity contribution in [1.82, 2.24) is 20.1 Å². The van der Waals surface area contributed by atoms with Gasteiger partial charge in [0, 0.05) is 22.5 Å². The lowest BCUT2D eigenvalue weighted by atomic mass is 10.1. The van der Waals surface area contributed by atoms with Crippen molar-refractivity contribution in [2.75, 3.05) is 26.2 Å². The molecule has 172 valence electrons. The zero-order valence-corrected chi connectivity index (χ0v) is 21.0. The molecule has 0 spiro atoms. The third-order valence-corrected chi connectivity index (χ3v) is 7.05. The molecule has 32 heavy (non-hydrogen) atoms. The highest BCUT2D eigenvalue weighted by Gasteiger charge is 2.15. The first-order valence-electron chi connectivity index (χ1n) is 11.5. The molecular formula is C25H34N4OS2. The molecule has 0 aliphatic carbocycles. The second-order valence-electron chi connectivity index (χ2n) is 7.95. The molecule has 0 fully saturated rings. The summed E-state index contributed by atoms with van der Waals surface area (Å²) in [4.78, 5) is 21.6. The van der Waals surface area contributed by atoms with E-state index in [9.17, 15) is 4.79 Å². The molecule has 0 amide bonds. The van der Waals surface area contributed by atoms with Gasteiger partial charge in [0.1, 0.15) is 0 Å². The van der Waals surface area contributed by atoms with Crippen molar-refractivity contribution >= 4 is 39.6 Å². The van der Waals surface area contributed by atoms with Crippen molar-refractivity contribution in [3.05, 3.63) is 68.1 Å². The maximum Gasteiger partial charge on any atom is 0.253 e. The largest absolute Gasteiger partial charge is 0.363 e. The number of H-pyrrole nitrogens is 1. The van der Waals surface area contributed by atoms with Crippen molar-refractivity contribution in [3.8, 4) is 0 Å². The van der Waals surface area contributed by atoms with Gasteiger partial charge in [-0.1, -0.05) is 32.9 Å². The van der Waals surface area contributed by atoms with E-state index >= 15 is 0 Å². The summed E-state index contributed by atoms with van der Waals surface area (Å²) in [5.74, 6) is 0. The van der Waals surface area contributed by atoms with Crippen molar-refractivity contribution in [2.24, 2.45) is 0 Å². The molecule has 0 unspecified atom stereocenters. The van der Waals surface area contributed by atoms with Gasteiger partial charge in [-0.2, -0.15) is 0 Å².